The zero-order valence-electron chi connectivity index (χ0n) is 21.5. The van der Waals surface area contributed by atoms with Gasteiger partial charge >= 0.3 is 5.97 Å². The second kappa shape index (κ2) is 8.12. The first-order valence-electron chi connectivity index (χ1n) is 13.2. The summed E-state index contributed by atoms with van der Waals surface area (Å²) in [5.74, 6) is 0.0582. The summed E-state index contributed by atoms with van der Waals surface area (Å²) >= 11 is 0. The second-order valence-corrected chi connectivity index (χ2v) is 12.3. The highest BCUT2D eigenvalue weighted by atomic mass is 16.6. The molecular weight excluding hydrogens is 440 g/mol. The molecule has 4 aliphatic carbocycles. The van der Waals surface area contributed by atoms with Crippen molar-refractivity contribution in [3.05, 3.63) is 47.5 Å². The maximum Gasteiger partial charge on any atom is 0.339 e. The van der Waals surface area contributed by atoms with Crippen molar-refractivity contribution in [2.24, 2.45) is 40.4 Å². The molecule has 0 aliphatic heterocycles. The van der Waals surface area contributed by atoms with Gasteiger partial charge in [-0.2, -0.15) is 0 Å². The van der Waals surface area contributed by atoms with Gasteiger partial charge in [0.1, 0.15) is 0 Å². The summed E-state index contributed by atoms with van der Waals surface area (Å²) in [5.41, 5.74) is -0.536. The van der Waals surface area contributed by atoms with Crippen LogP contribution in [0.25, 0.3) is 0 Å². The molecule has 188 valence electrons. The highest BCUT2D eigenvalue weighted by Crippen LogP contribution is 2.70. The minimum absolute atomic E-state index is 0.0379. The Hall–Kier alpha value is -2.27. The maximum absolute atomic E-state index is 13.5. The van der Waals surface area contributed by atoms with Gasteiger partial charge < -0.3 is 9.84 Å². The third kappa shape index (κ3) is 3.26. The van der Waals surface area contributed by atoms with E-state index >= 15 is 0 Å². The van der Waals surface area contributed by atoms with Crippen molar-refractivity contribution in [2.75, 3.05) is 0 Å². The first kappa shape index (κ1) is 24.4. The molecule has 1 N–H and O–H groups in total. The molecule has 1 aromatic carbocycles. The summed E-state index contributed by atoms with van der Waals surface area (Å²) in [6.45, 7) is 10.1. The summed E-state index contributed by atoms with van der Waals surface area (Å²) in [6, 6.07) is 8.85. The lowest BCUT2D eigenvalue weighted by molar-refractivity contribution is -0.187. The van der Waals surface area contributed by atoms with E-state index in [2.05, 4.69) is 20.8 Å². The van der Waals surface area contributed by atoms with Gasteiger partial charge in [0, 0.05) is 17.8 Å². The summed E-state index contributed by atoms with van der Waals surface area (Å²) < 4.78 is 6.28. The SMILES string of the molecule is CC(=O)[C@@]1(OC(=O)c2ccccc2)[C@@H](C)C[C@H]2[C@@H]3C[C@H](C)C4=CC(=O)CC[C@]4(C)[C@H]3[C@@H](O)C[C@@]21C. The van der Waals surface area contributed by atoms with Gasteiger partial charge in [0.2, 0.25) is 0 Å². The molecule has 4 aliphatic rings. The van der Waals surface area contributed by atoms with E-state index < -0.39 is 23.1 Å². The third-order valence-corrected chi connectivity index (χ3v) is 10.5. The molecule has 35 heavy (non-hydrogen) atoms. The van der Waals surface area contributed by atoms with Gasteiger partial charge in [-0.25, -0.2) is 4.79 Å². The van der Waals surface area contributed by atoms with Gasteiger partial charge in [-0.1, -0.05) is 51.5 Å². The van der Waals surface area contributed by atoms with Crippen molar-refractivity contribution in [1.29, 1.82) is 0 Å². The molecule has 9 atom stereocenters. The van der Waals surface area contributed by atoms with E-state index in [0.29, 0.717) is 18.4 Å². The largest absolute Gasteiger partial charge is 0.447 e. The Morgan fingerprint density at radius 2 is 1.77 bits per heavy atom. The fourth-order valence-corrected chi connectivity index (χ4v) is 9.26. The molecule has 3 saturated carbocycles. The number of benzene rings is 1. The number of aliphatic hydroxyl groups excluding tert-OH is 1. The normalized spacial score (nSPS) is 44.5. The summed E-state index contributed by atoms with van der Waals surface area (Å²) in [6.07, 6.45) is 4.58. The molecule has 0 aromatic heterocycles. The van der Waals surface area contributed by atoms with E-state index in [1.54, 1.807) is 31.2 Å². The van der Waals surface area contributed by atoms with E-state index in [1.807, 2.05) is 19.1 Å². The molecule has 5 nitrogen and oxygen atoms in total. The minimum Gasteiger partial charge on any atom is -0.447 e. The van der Waals surface area contributed by atoms with Gasteiger partial charge in [0.25, 0.3) is 0 Å². The fraction of sp³-hybridized carbons (Fsp3) is 0.633. The molecule has 0 radical (unpaired) electrons. The predicted octanol–water partition coefficient (Wildman–Crippen LogP) is 5.17. The van der Waals surface area contributed by atoms with Crippen LogP contribution in [0.2, 0.25) is 0 Å². The van der Waals surface area contributed by atoms with Crippen molar-refractivity contribution in [2.45, 2.75) is 78.4 Å². The Morgan fingerprint density at radius 1 is 1.09 bits per heavy atom. The van der Waals surface area contributed by atoms with Gasteiger partial charge in [0.05, 0.1) is 11.7 Å². The number of rotatable bonds is 3. The Bertz CT molecular complexity index is 1090. The molecule has 0 spiro atoms. The summed E-state index contributed by atoms with van der Waals surface area (Å²) in [4.78, 5) is 39.0. The smallest absolute Gasteiger partial charge is 0.339 e. The Morgan fingerprint density at radius 3 is 2.43 bits per heavy atom. The molecule has 1 aromatic rings. The number of aliphatic hydroxyl groups is 1. The van der Waals surface area contributed by atoms with Gasteiger partial charge in [0.15, 0.2) is 17.2 Å². The molecule has 0 amide bonds. The van der Waals surface area contributed by atoms with Crippen LogP contribution >= 0.6 is 0 Å². The van der Waals surface area contributed by atoms with E-state index in [1.165, 1.54) is 5.57 Å². The quantitative estimate of drug-likeness (QED) is 0.607. The number of carbonyl (C=O) groups excluding carboxylic acids is 3. The average Bonchev–Trinajstić information content (AvgIpc) is 3.02. The summed E-state index contributed by atoms with van der Waals surface area (Å²) in [7, 11) is 0. The number of carbonyl (C=O) groups is 3. The van der Waals surface area contributed by atoms with Crippen LogP contribution in [-0.2, 0) is 14.3 Å². The van der Waals surface area contributed by atoms with E-state index in [0.717, 1.165) is 19.3 Å². The van der Waals surface area contributed by atoms with Crippen molar-refractivity contribution < 1.29 is 24.2 Å². The maximum atomic E-state index is 13.5. The fourth-order valence-electron chi connectivity index (χ4n) is 9.26. The molecule has 0 heterocycles. The average molecular weight is 479 g/mol. The van der Waals surface area contributed by atoms with Crippen LogP contribution in [-0.4, -0.2) is 34.3 Å². The zero-order valence-corrected chi connectivity index (χ0v) is 21.5. The van der Waals surface area contributed by atoms with Gasteiger partial charge in [-0.3, -0.25) is 9.59 Å². The number of Topliss-reactive ketones (excluding diaryl/α,β-unsaturated/α-hetero) is 1. The number of fused-ring (bicyclic) bond motifs is 5. The molecule has 0 unspecified atom stereocenters. The van der Waals surface area contributed by atoms with Gasteiger partial charge in [-0.05, 0) is 79.9 Å². The Labute approximate surface area is 208 Å². The van der Waals surface area contributed by atoms with E-state index in [4.69, 9.17) is 4.74 Å². The number of hydrogen-bond acceptors (Lipinski definition) is 5. The Kier molecular flexibility index (Phi) is 5.67. The van der Waals surface area contributed by atoms with Crippen LogP contribution < -0.4 is 0 Å². The van der Waals surface area contributed by atoms with Crippen molar-refractivity contribution >= 4 is 17.5 Å². The lowest BCUT2D eigenvalue weighted by Crippen LogP contribution is -2.64. The van der Waals surface area contributed by atoms with Crippen LogP contribution in [0.15, 0.2) is 42.0 Å². The van der Waals surface area contributed by atoms with Crippen LogP contribution in [0, 0.1) is 40.4 Å². The second-order valence-electron chi connectivity index (χ2n) is 12.3. The minimum atomic E-state index is -1.28. The third-order valence-electron chi connectivity index (χ3n) is 10.5. The topological polar surface area (TPSA) is 80.7 Å². The predicted molar refractivity (Wildman–Crippen MR) is 132 cm³/mol. The molecule has 5 rings (SSSR count). The first-order chi connectivity index (χ1) is 16.5. The van der Waals surface area contributed by atoms with Crippen molar-refractivity contribution in [1.82, 2.24) is 0 Å². The molecule has 3 fully saturated rings. The zero-order chi connectivity index (χ0) is 25.3. The van der Waals surface area contributed by atoms with Crippen LogP contribution in [0.3, 0.4) is 0 Å². The van der Waals surface area contributed by atoms with E-state index in [9.17, 15) is 19.5 Å². The van der Waals surface area contributed by atoms with Crippen molar-refractivity contribution in [3.63, 3.8) is 0 Å². The number of allylic oxidation sites excluding steroid dienone is 1. The molecule has 5 heteroatoms. The number of ether oxygens (including phenoxy) is 1. The van der Waals surface area contributed by atoms with Crippen LogP contribution in [0.5, 0.6) is 0 Å². The molecule has 0 saturated heterocycles. The van der Waals surface area contributed by atoms with Crippen molar-refractivity contribution in [3.8, 4) is 0 Å². The monoisotopic (exact) mass is 478 g/mol. The summed E-state index contributed by atoms with van der Waals surface area (Å²) in [5, 5.41) is 11.8. The lowest BCUT2D eigenvalue weighted by Gasteiger charge is -2.62. The highest BCUT2D eigenvalue weighted by Gasteiger charge is 2.72. The van der Waals surface area contributed by atoms with Crippen LogP contribution in [0.1, 0.15) is 77.1 Å². The highest BCUT2D eigenvalue weighted by molar-refractivity contribution is 5.95. The first-order valence-corrected chi connectivity index (χ1v) is 13.2. The van der Waals surface area contributed by atoms with E-state index in [-0.39, 0.29) is 46.6 Å². The standard InChI is InChI=1S/C30H38O5/c1-17-13-22-24-14-18(2)30(19(3)31,35-27(34)20-9-7-6-8-10-20)29(24,5)16-25(33)26(22)28(4)12-11-21(32)15-23(17)28/h6-10,15,17-18,22,24-26,33H,11-14,16H2,1-5H3/t17-,18-,22-,24-,25-,26+,28-,29-,30-/m0/s1. The number of hydrogen-bond donors (Lipinski definition) is 1. The molecule has 0 bridgehead atoms. The lowest BCUT2D eigenvalue weighted by atomic mass is 9.44. The number of ketones is 2. The Balaban J connectivity index is 1.57. The number of esters is 1. The van der Waals surface area contributed by atoms with Crippen LogP contribution in [0.4, 0.5) is 0 Å². The molecular formula is C30H38O5. The van der Waals surface area contributed by atoms with Gasteiger partial charge in [-0.15, -0.1) is 0 Å².